The lowest BCUT2D eigenvalue weighted by atomic mass is 9.94. The van der Waals surface area contributed by atoms with Crippen molar-refractivity contribution in [3.63, 3.8) is 0 Å². The van der Waals surface area contributed by atoms with Crippen LogP contribution in [0, 0.1) is 12.8 Å². The fourth-order valence-corrected chi connectivity index (χ4v) is 4.48. The number of likely N-dealkylation sites (tertiary alicyclic amines) is 1. The van der Waals surface area contributed by atoms with Crippen LogP contribution < -0.4 is 4.90 Å². The molecule has 1 fully saturated rings. The van der Waals surface area contributed by atoms with E-state index in [0.717, 1.165) is 24.2 Å². The van der Waals surface area contributed by atoms with Gasteiger partial charge in [0, 0.05) is 49.3 Å². The number of hydrogen-bond acceptors (Lipinski definition) is 5. The Hall–Kier alpha value is -3.48. The average Bonchev–Trinajstić information content (AvgIpc) is 3.45. The molecule has 3 heterocycles. The van der Waals surface area contributed by atoms with E-state index in [9.17, 15) is 9.59 Å². The summed E-state index contributed by atoms with van der Waals surface area (Å²) in [7, 11) is 0. The molecule has 5 rings (SSSR count). The fraction of sp³-hybridized carbons (Fsp3) is 0.333. The molecule has 0 N–H and O–H groups in total. The second-order valence-corrected chi connectivity index (χ2v) is 8.15. The smallest absolute Gasteiger partial charge is 0.253 e. The van der Waals surface area contributed by atoms with Crippen LogP contribution in [0.4, 0.5) is 5.69 Å². The maximum absolute atomic E-state index is 13.1. The molecule has 0 bridgehead atoms. The highest BCUT2D eigenvalue weighted by Gasteiger charge is 2.33. The second-order valence-electron chi connectivity index (χ2n) is 8.15. The van der Waals surface area contributed by atoms with Gasteiger partial charge in [0.25, 0.3) is 5.91 Å². The molecule has 2 aliphatic rings. The van der Waals surface area contributed by atoms with Crippen LogP contribution in [0.5, 0.6) is 0 Å². The quantitative estimate of drug-likeness (QED) is 0.653. The zero-order valence-electron chi connectivity index (χ0n) is 17.5. The van der Waals surface area contributed by atoms with Gasteiger partial charge >= 0.3 is 0 Å². The van der Waals surface area contributed by atoms with Gasteiger partial charge in [-0.1, -0.05) is 35.5 Å². The number of hydrogen-bond donors (Lipinski definition) is 0. The molecule has 1 aromatic heterocycles. The van der Waals surface area contributed by atoms with E-state index in [4.69, 9.17) is 4.52 Å². The van der Waals surface area contributed by atoms with Gasteiger partial charge in [0.2, 0.25) is 17.6 Å². The maximum Gasteiger partial charge on any atom is 0.253 e. The second kappa shape index (κ2) is 7.98. The van der Waals surface area contributed by atoms with Crippen LogP contribution in [-0.4, -0.2) is 46.5 Å². The number of fused-ring (bicyclic) bond motifs is 1. The van der Waals surface area contributed by atoms with E-state index in [1.165, 1.54) is 5.56 Å². The van der Waals surface area contributed by atoms with Crippen molar-refractivity contribution < 1.29 is 14.1 Å². The Morgan fingerprint density at radius 3 is 2.45 bits per heavy atom. The highest BCUT2D eigenvalue weighted by atomic mass is 16.5. The number of para-hydroxylation sites is 1. The zero-order chi connectivity index (χ0) is 21.4. The van der Waals surface area contributed by atoms with Crippen molar-refractivity contribution in [2.45, 2.75) is 26.2 Å². The molecule has 1 saturated heterocycles. The van der Waals surface area contributed by atoms with Crippen LogP contribution in [0.1, 0.15) is 34.7 Å². The molecule has 158 valence electrons. The summed E-state index contributed by atoms with van der Waals surface area (Å²) in [5.74, 6) is 1.17. The summed E-state index contributed by atoms with van der Waals surface area (Å²) in [6.45, 7) is 3.68. The monoisotopic (exact) mass is 416 g/mol. The van der Waals surface area contributed by atoms with Crippen molar-refractivity contribution in [3.8, 4) is 11.4 Å². The Balaban J connectivity index is 1.20. The predicted molar refractivity (Wildman–Crippen MR) is 116 cm³/mol. The van der Waals surface area contributed by atoms with Crippen molar-refractivity contribution in [1.29, 1.82) is 0 Å². The van der Waals surface area contributed by atoms with E-state index < -0.39 is 0 Å². The summed E-state index contributed by atoms with van der Waals surface area (Å²) in [6.07, 6.45) is 2.31. The largest absolute Gasteiger partial charge is 0.339 e. The molecule has 2 aromatic carbocycles. The van der Waals surface area contributed by atoms with Gasteiger partial charge in [0.1, 0.15) is 0 Å². The molecular weight excluding hydrogens is 392 g/mol. The van der Waals surface area contributed by atoms with Gasteiger partial charge in [-0.25, -0.2) is 0 Å². The Bertz CT molecular complexity index is 1110. The molecule has 2 amide bonds. The highest BCUT2D eigenvalue weighted by molar-refractivity contribution is 5.98. The van der Waals surface area contributed by atoms with Crippen molar-refractivity contribution >= 4 is 17.5 Å². The van der Waals surface area contributed by atoms with Crippen molar-refractivity contribution in [2.24, 2.45) is 5.92 Å². The van der Waals surface area contributed by atoms with Crippen LogP contribution >= 0.6 is 0 Å². The molecule has 0 aliphatic carbocycles. The minimum absolute atomic E-state index is 0.00624. The lowest BCUT2D eigenvalue weighted by molar-refractivity contribution is -0.123. The first-order valence-corrected chi connectivity index (χ1v) is 10.7. The lowest BCUT2D eigenvalue weighted by Gasteiger charge is -2.33. The minimum atomic E-state index is -0.0286. The summed E-state index contributed by atoms with van der Waals surface area (Å²) in [6, 6.07) is 15.4. The number of piperidine rings is 1. The lowest BCUT2D eigenvalue weighted by Crippen LogP contribution is -2.44. The Morgan fingerprint density at radius 1 is 1.00 bits per heavy atom. The van der Waals surface area contributed by atoms with Crippen LogP contribution in [0.3, 0.4) is 0 Å². The maximum atomic E-state index is 13.1. The summed E-state index contributed by atoms with van der Waals surface area (Å²) < 4.78 is 5.01. The number of carbonyl (C=O) groups is 2. The van der Waals surface area contributed by atoms with Gasteiger partial charge in [-0.05, 0) is 43.0 Å². The van der Waals surface area contributed by atoms with E-state index in [2.05, 4.69) is 16.2 Å². The Morgan fingerprint density at radius 2 is 1.74 bits per heavy atom. The van der Waals surface area contributed by atoms with Gasteiger partial charge in [-0.2, -0.15) is 4.98 Å². The molecule has 31 heavy (non-hydrogen) atoms. The summed E-state index contributed by atoms with van der Waals surface area (Å²) >= 11 is 0. The zero-order valence-corrected chi connectivity index (χ0v) is 17.5. The van der Waals surface area contributed by atoms with Crippen LogP contribution in [0.2, 0.25) is 0 Å². The number of rotatable bonds is 3. The minimum Gasteiger partial charge on any atom is -0.339 e. The molecule has 2 aliphatic heterocycles. The number of amides is 2. The molecule has 0 unspecified atom stereocenters. The first kappa shape index (κ1) is 19.5. The first-order valence-electron chi connectivity index (χ1n) is 10.7. The Labute approximate surface area is 180 Å². The number of aromatic nitrogens is 2. The molecule has 3 aromatic rings. The van der Waals surface area contributed by atoms with Gasteiger partial charge in [0.15, 0.2) is 0 Å². The average molecular weight is 416 g/mol. The van der Waals surface area contributed by atoms with E-state index in [0.29, 0.717) is 43.2 Å². The summed E-state index contributed by atoms with van der Waals surface area (Å²) in [5, 5.41) is 3.90. The normalized spacial score (nSPS) is 16.4. The van der Waals surface area contributed by atoms with E-state index in [1.54, 1.807) is 19.1 Å². The van der Waals surface area contributed by atoms with Crippen LogP contribution in [0.25, 0.3) is 11.4 Å². The SMILES string of the molecule is Cc1nc(-c2ccc(C(=O)N3CCC(C(=O)N4CCc5ccccc54)CC3)cc2)no1. The summed E-state index contributed by atoms with van der Waals surface area (Å²) in [4.78, 5) is 34.0. The first-order chi connectivity index (χ1) is 15.1. The predicted octanol–water partition coefficient (Wildman–Crippen LogP) is 3.49. The molecule has 0 saturated carbocycles. The van der Waals surface area contributed by atoms with Crippen LogP contribution in [0.15, 0.2) is 53.1 Å². The number of carbonyl (C=O) groups excluding carboxylic acids is 2. The third kappa shape index (κ3) is 3.71. The van der Waals surface area contributed by atoms with Crippen LogP contribution in [-0.2, 0) is 11.2 Å². The third-order valence-corrected chi connectivity index (χ3v) is 6.20. The number of benzene rings is 2. The van der Waals surface area contributed by atoms with Gasteiger partial charge < -0.3 is 14.3 Å². The van der Waals surface area contributed by atoms with Crippen molar-refractivity contribution in [3.05, 3.63) is 65.5 Å². The fourth-order valence-electron chi connectivity index (χ4n) is 4.48. The van der Waals surface area contributed by atoms with Crippen molar-refractivity contribution in [1.82, 2.24) is 15.0 Å². The molecule has 7 nitrogen and oxygen atoms in total. The number of nitrogens with zero attached hydrogens (tertiary/aromatic N) is 4. The molecule has 0 spiro atoms. The van der Waals surface area contributed by atoms with E-state index in [-0.39, 0.29) is 17.7 Å². The standard InChI is InChI=1S/C24H24N4O3/c1-16-25-22(26-31-16)18-6-8-19(9-7-18)23(29)27-13-10-20(11-14-27)24(30)28-15-12-17-4-2-3-5-21(17)28/h2-9,20H,10-15H2,1H3. The van der Waals surface area contributed by atoms with Gasteiger partial charge in [-0.15, -0.1) is 0 Å². The van der Waals surface area contributed by atoms with Gasteiger partial charge in [0.05, 0.1) is 0 Å². The highest BCUT2D eigenvalue weighted by Crippen LogP contribution is 2.31. The Kier molecular flexibility index (Phi) is 5.02. The molecular formula is C24H24N4O3. The summed E-state index contributed by atoms with van der Waals surface area (Å²) in [5.41, 5.74) is 3.72. The third-order valence-electron chi connectivity index (χ3n) is 6.20. The number of anilines is 1. The molecule has 0 radical (unpaired) electrons. The van der Waals surface area contributed by atoms with E-state index >= 15 is 0 Å². The molecule has 7 heteroatoms. The van der Waals surface area contributed by atoms with Crippen molar-refractivity contribution in [2.75, 3.05) is 24.5 Å². The van der Waals surface area contributed by atoms with E-state index in [1.807, 2.05) is 40.1 Å². The number of aryl methyl sites for hydroxylation is 1. The topological polar surface area (TPSA) is 79.5 Å². The van der Waals surface area contributed by atoms with Gasteiger partial charge in [-0.3, -0.25) is 9.59 Å². The molecule has 0 atom stereocenters.